The summed E-state index contributed by atoms with van der Waals surface area (Å²) in [5.41, 5.74) is 1.65. The van der Waals surface area contributed by atoms with Crippen LogP contribution in [0.25, 0.3) is 0 Å². The van der Waals surface area contributed by atoms with Gasteiger partial charge in [0.2, 0.25) is 0 Å². The lowest BCUT2D eigenvalue weighted by molar-refractivity contribution is -0.0504. The van der Waals surface area contributed by atoms with Crippen LogP contribution in [0, 0.1) is 6.92 Å². The van der Waals surface area contributed by atoms with Gasteiger partial charge < -0.3 is 19.9 Å². The number of alkyl halides is 2. The number of hydrogen-bond donors (Lipinski definition) is 2. The van der Waals surface area contributed by atoms with Crippen molar-refractivity contribution in [1.82, 2.24) is 25.4 Å². The van der Waals surface area contributed by atoms with Gasteiger partial charge in [-0.05, 0) is 18.6 Å². The van der Waals surface area contributed by atoms with Gasteiger partial charge in [-0.25, -0.2) is 4.99 Å². The molecule has 0 atom stereocenters. The molecule has 0 unspecified atom stereocenters. The Morgan fingerprint density at radius 3 is 2.43 bits per heavy atom. The molecule has 9 heteroatoms. The Balaban J connectivity index is 1.71. The van der Waals surface area contributed by atoms with E-state index >= 15 is 0 Å². The maximum absolute atomic E-state index is 12.7. The van der Waals surface area contributed by atoms with E-state index in [-0.39, 0.29) is 12.3 Å². The number of aromatic nitrogens is 3. The first-order valence-corrected chi connectivity index (χ1v) is 9.46. The molecule has 0 aliphatic carbocycles. The molecule has 30 heavy (non-hydrogen) atoms. The monoisotopic (exact) mass is 414 g/mol. The molecular formula is C21H24F2N6O. The molecule has 1 aromatic heterocycles. The van der Waals surface area contributed by atoms with Gasteiger partial charge in [0.25, 0.3) is 0 Å². The second-order valence-electron chi connectivity index (χ2n) is 6.57. The highest BCUT2D eigenvalue weighted by Crippen LogP contribution is 2.19. The number of ether oxygens (including phenoxy) is 1. The van der Waals surface area contributed by atoms with Crippen LogP contribution in [0.3, 0.4) is 0 Å². The van der Waals surface area contributed by atoms with E-state index in [0.717, 1.165) is 17.2 Å². The van der Waals surface area contributed by atoms with Crippen molar-refractivity contribution in [3.8, 4) is 5.75 Å². The van der Waals surface area contributed by atoms with Crippen LogP contribution in [0.2, 0.25) is 0 Å². The smallest absolute Gasteiger partial charge is 0.387 e. The van der Waals surface area contributed by atoms with Gasteiger partial charge in [0.05, 0.1) is 13.1 Å². The van der Waals surface area contributed by atoms with Crippen LogP contribution in [-0.2, 0) is 26.7 Å². The van der Waals surface area contributed by atoms with Crippen molar-refractivity contribution < 1.29 is 13.5 Å². The summed E-state index contributed by atoms with van der Waals surface area (Å²) in [7, 11) is 1.89. The van der Waals surface area contributed by atoms with Crippen molar-refractivity contribution in [3.05, 3.63) is 77.4 Å². The molecular weight excluding hydrogens is 390 g/mol. The first kappa shape index (κ1) is 21.2. The van der Waals surface area contributed by atoms with Gasteiger partial charge in [0.15, 0.2) is 11.8 Å². The molecule has 0 aliphatic rings. The average Bonchev–Trinajstić information content (AvgIpc) is 3.06. The highest BCUT2D eigenvalue weighted by atomic mass is 19.3. The summed E-state index contributed by atoms with van der Waals surface area (Å²) >= 11 is 0. The number of aliphatic imine (C=N–C) groups is 1. The Morgan fingerprint density at radius 1 is 1.03 bits per heavy atom. The summed E-state index contributed by atoms with van der Waals surface area (Å²) in [6, 6.07) is 16.5. The van der Waals surface area contributed by atoms with E-state index < -0.39 is 6.61 Å². The summed E-state index contributed by atoms with van der Waals surface area (Å²) in [5, 5.41) is 14.6. The highest BCUT2D eigenvalue weighted by molar-refractivity contribution is 5.79. The number of halogens is 2. The molecule has 0 fully saturated rings. The Morgan fingerprint density at radius 2 is 1.73 bits per heavy atom. The number of para-hydroxylation sites is 1. The standard InChI is InChI=1S/C21H24F2N6O/c1-15-27-28-19(29(15)2)14-26-21(24-12-16-8-4-3-5-9-16)25-13-17-10-6-7-11-18(17)30-20(22)23/h3-11,20H,12-14H2,1-2H3,(H2,24,25,26). The predicted octanol–water partition coefficient (Wildman–Crippen LogP) is 3.16. The largest absolute Gasteiger partial charge is 0.434 e. The molecule has 7 nitrogen and oxygen atoms in total. The molecule has 0 radical (unpaired) electrons. The molecule has 0 amide bonds. The third-order valence-corrected chi connectivity index (χ3v) is 4.49. The normalized spacial score (nSPS) is 11.6. The van der Waals surface area contributed by atoms with Crippen molar-refractivity contribution in [2.24, 2.45) is 12.0 Å². The third kappa shape index (κ3) is 6.00. The van der Waals surface area contributed by atoms with Crippen molar-refractivity contribution in [2.75, 3.05) is 0 Å². The number of hydrogen-bond acceptors (Lipinski definition) is 4. The molecule has 1 heterocycles. The lowest BCUT2D eigenvalue weighted by Crippen LogP contribution is -2.37. The molecule has 0 saturated carbocycles. The Labute approximate surface area is 173 Å². The molecule has 3 aromatic rings. The fourth-order valence-corrected chi connectivity index (χ4v) is 2.74. The lowest BCUT2D eigenvalue weighted by Gasteiger charge is -2.15. The van der Waals surface area contributed by atoms with E-state index in [1.165, 1.54) is 6.07 Å². The first-order chi connectivity index (χ1) is 14.5. The zero-order valence-corrected chi connectivity index (χ0v) is 16.8. The van der Waals surface area contributed by atoms with Crippen LogP contribution in [0.5, 0.6) is 5.75 Å². The van der Waals surface area contributed by atoms with Crippen LogP contribution >= 0.6 is 0 Å². The predicted molar refractivity (Wildman–Crippen MR) is 110 cm³/mol. The fourth-order valence-electron chi connectivity index (χ4n) is 2.74. The van der Waals surface area contributed by atoms with Gasteiger partial charge in [-0.3, -0.25) is 0 Å². The van der Waals surface area contributed by atoms with E-state index in [0.29, 0.717) is 24.6 Å². The minimum atomic E-state index is -2.88. The Bertz CT molecular complexity index is 975. The maximum atomic E-state index is 12.7. The van der Waals surface area contributed by atoms with Crippen molar-refractivity contribution >= 4 is 5.96 Å². The SMILES string of the molecule is Cc1nnc(CNC(=NCc2ccccc2)NCc2ccccc2OC(F)F)n1C. The summed E-state index contributed by atoms with van der Waals surface area (Å²) in [4.78, 5) is 4.60. The van der Waals surface area contributed by atoms with E-state index in [4.69, 9.17) is 0 Å². The molecule has 0 spiro atoms. The van der Waals surface area contributed by atoms with Crippen LogP contribution in [0.15, 0.2) is 59.6 Å². The second kappa shape index (κ2) is 10.3. The number of rotatable bonds is 8. The van der Waals surface area contributed by atoms with Crippen molar-refractivity contribution in [1.29, 1.82) is 0 Å². The average molecular weight is 414 g/mol. The highest BCUT2D eigenvalue weighted by Gasteiger charge is 2.11. The molecule has 0 saturated heterocycles. The van der Waals surface area contributed by atoms with Gasteiger partial charge in [0.1, 0.15) is 11.6 Å². The number of benzene rings is 2. The number of guanidine groups is 1. The summed E-state index contributed by atoms with van der Waals surface area (Å²) in [5.74, 6) is 2.21. The Hall–Kier alpha value is -3.49. The van der Waals surface area contributed by atoms with Gasteiger partial charge in [-0.1, -0.05) is 48.5 Å². The molecule has 2 N–H and O–H groups in total. The summed E-state index contributed by atoms with van der Waals surface area (Å²) < 4.78 is 31.8. The first-order valence-electron chi connectivity index (χ1n) is 9.46. The minimum absolute atomic E-state index is 0.131. The zero-order valence-electron chi connectivity index (χ0n) is 16.8. The summed E-state index contributed by atoms with van der Waals surface area (Å²) in [6.45, 7) is 0.131. The molecule has 0 aliphatic heterocycles. The topological polar surface area (TPSA) is 76.4 Å². The third-order valence-electron chi connectivity index (χ3n) is 4.49. The van der Waals surface area contributed by atoms with Gasteiger partial charge in [0, 0.05) is 19.2 Å². The number of nitrogens with zero attached hydrogens (tertiary/aromatic N) is 4. The molecule has 0 bridgehead atoms. The van der Waals surface area contributed by atoms with E-state index in [9.17, 15) is 8.78 Å². The number of nitrogens with one attached hydrogen (secondary N) is 2. The second-order valence-corrected chi connectivity index (χ2v) is 6.57. The zero-order chi connectivity index (χ0) is 21.3. The molecule has 2 aromatic carbocycles. The van der Waals surface area contributed by atoms with Gasteiger partial charge in [-0.2, -0.15) is 8.78 Å². The lowest BCUT2D eigenvalue weighted by atomic mass is 10.2. The van der Waals surface area contributed by atoms with Crippen LogP contribution in [0.4, 0.5) is 8.78 Å². The van der Waals surface area contributed by atoms with Crippen LogP contribution < -0.4 is 15.4 Å². The Kier molecular flexibility index (Phi) is 7.31. The van der Waals surface area contributed by atoms with Gasteiger partial charge >= 0.3 is 6.61 Å². The summed E-state index contributed by atoms with van der Waals surface area (Å²) in [6.07, 6.45) is 0. The maximum Gasteiger partial charge on any atom is 0.387 e. The number of aryl methyl sites for hydroxylation is 1. The van der Waals surface area contributed by atoms with Crippen LogP contribution in [-0.4, -0.2) is 27.3 Å². The van der Waals surface area contributed by atoms with E-state index in [2.05, 4.69) is 30.6 Å². The molecule has 158 valence electrons. The quantitative estimate of drug-likeness (QED) is 0.437. The van der Waals surface area contributed by atoms with Crippen molar-refractivity contribution in [3.63, 3.8) is 0 Å². The van der Waals surface area contributed by atoms with Crippen LogP contribution in [0.1, 0.15) is 22.8 Å². The van der Waals surface area contributed by atoms with E-state index in [1.54, 1.807) is 18.2 Å². The van der Waals surface area contributed by atoms with Gasteiger partial charge in [-0.15, -0.1) is 10.2 Å². The minimum Gasteiger partial charge on any atom is -0.434 e. The van der Waals surface area contributed by atoms with Crippen molar-refractivity contribution in [2.45, 2.75) is 33.2 Å². The van der Waals surface area contributed by atoms with E-state index in [1.807, 2.05) is 48.9 Å². The fraction of sp³-hybridized carbons (Fsp3) is 0.286. The molecule has 3 rings (SSSR count).